The molecule has 1 unspecified atom stereocenters. The Morgan fingerprint density at radius 3 is 2.24 bits per heavy atom. The fourth-order valence-corrected chi connectivity index (χ4v) is 3.46. The number of unbranched alkanes of at least 4 members (excludes halogenated alkanes) is 1. The zero-order chi connectivity index (χ0) is 13.5. The van der Waals surface area contributed by atoms with E-state index in [2.05, 4.69) is 26.1 Å². The maximum atomic E-state index is 11.7. The highest BCUT2D eigenvalue weighted by atomic mass is 32.2. The van der Waals surface area contributed by atoms with Gasteiger partial charge in [0.15, 0.2) is 9.84 Å². The van der Waals surface area contributed by atoms with Gasteiger partial charge in [0.05, 0.1) is 11.5 Å². The van der Waals surface area contributed by atoms with Crippen molar-refractivity contribution in [3.63, 3.8) is 0 Å². The van der Waals surface area contributed by atoms with E-state index < -0.39 is 9.84 Å². The monoisotopic (exact) mass is 263 g/mol. The van der Waals surface area contributed by atoms with Crippen molar-refractivity contribution >= 4 is 9.84 Å². The first-order valence-corrected chi connectivity index (χ1v) is 8.44. The third kappa shape index (κ3) is 10.8. The van der Waals surface area contributed by atoms with Crippen LogP contribution in [0.3, 0.4) is 0 Å². The molecule has 0 aromatic carbocycles. The van der Waals surface area contributed by atoms with Gasteiger partial charge in [0.1, 0.15) is 0 Å². The molecule has 0 spiro atoms. The summed E-state index contributed by atoms with van der Waals surface area (Å²) in [6.45, 7) is 11.3. The molecule has 17 heavy (non-hydrogen) atoms. The van der Waals surface area contributed by atoms with Crippen molar-refractivity contribution in [2.75, 3.05) is 18.1 Å². The van der Waals surface area contributed by atoms with Gasteiger partial charge in [0, 0.05) is 5.54 Å². The third-order valence-electron chi connectivity index (χ3n) is 2.77. The highest BCUT2D eigenvalue weighted by Crippen LogP contribution is 2.08. The van der Waals surface area contributed by atoms with E-state index in [0.717, 1.165) is 25.8 Å². The minimum absolute atomic E-state index is 0.121. The predicted molar refractivity (Wildman–Crippen MR) is 75.1 cm³/mol. The normalized spacial score (nSPS) is 14.9. The summed E-state index contributed by atoms with van der Waals surface area (Å²) in [4.78, 5) is 0. The Labute approximate surface area is 107 Å². The van der Waals surface area contributed by atoms with Crippen LogP contribution >= 0.6 is 0 Å². The molecule has 0 bridgehead atoms. The lowest BCUT2D eigenvalue weighted by molar-refractivity contribution is 0.421. The number of rotatable bonds is 8. The van der Waals surface area contributed by atoms with Crippen molar-refractivity contribution in [3.8, 4) is 0 Å². The molecule has 0 aromatic heterocycles. The molecular formula is C13H29NO2S. The van der Waals surface area contributed by atoms with Crippen LogP contribution in [0.5, 0.6) is 0 Å². The summed E-state index contributed by atoms with van der Waals surface area (Å²) in [5, 5.41) is 3.37. The number of nitrogens with one attached hydrogen (secondary N) is 1. The van der Waals surface area contributed by atoms with Crippen LogP contribution in [0.2, 0.25) is 0 Å². The lowest BCUT2D eigenvalue weighted by Crippen LogP contribution is -2.36. The fourth-order valence-electron chi connectivity index (χ4n) is 1.55. The van der Waals surface area contributed by atoms with Gasteiger partial charge in [0.25, 0.3) is 0 Å². The zero-order valence-electron chi connectivity index (χ0n) is 12.0. The summed E-state index contributed by atoms with van der Waals surface area (Å²) >= 11 is 0. The summed E-state index contributed by atoms with van der Waals surface area (Å²) in [6, 6.07) is 0. The average Bonchev–Trinajstić information content (AvgIpc) is 2.14. The van der Waals surface area contributed by atoms with Crippen LogP contribution in [0.4, 0.5) is 0 Å². The van der Waals surface area contributed by atoms with Gasteiger partial charge in [0.2, 0.25) is 0 Å². The van der Waals surface area contributed by atoms with Gasteiger partial charge in [-0.15, -0.1) is 0 Å². The maximum Gasteiger partial charge on any atom is 0.150 e. The molecule has 0 aliphatic carbocycles. The molecule has 0 heterocycles. The molecule has 0 saturated heterocycles. The van der Waals surface area contributed by atoms with Gasteiger partial charge in [-0.2, -0.15) is 0 Å². The van der Waals surface area contributed by atoms with Crippen LogP contribution in [-0.2, 0) is 9.84 Å². The van der Waals surface area contributed by atoms with Gasteiger partial charge in [-0.1, -0.05) is 20.3 Å². The molecule has 0 radical (unpaired) electrons. The molecule has 104 valence electrons. The lowest BCUT2D eigenvalue weighted by atomic mass is 10.1. The topological polar surface area (TPSA) is 46.2 Å². The molecule has 0 fully saturated rings. The van der Waals surface area contributed by atoms with Crippen LogP contribution in [-0.4, -0.2) is 32.0 Å². The Balaban J connectivity index is 3.74. The quantitative estimate of drug-likeness (QED) is 0.685. The molecule has 1 N–H and O–H groups in total. The minimum Gasteiger partial charge on any atom is -0.312 e. The van der Waals surface area contributed by atoms with Gasteiger partial charge < -0.3 is 5.32 Å². The van der Waals surface area contributed by atoms with Crippen LogP contribution < -0.4 is 5.32 Å². The molecule has 0 aromatic rings. The Kier molecular flexibility index (Phi) is 7.33. The smallest absolute Gasteiger partial charge is 0.150 e. The Bertz CT molecular complexity index is 291. The first-order valence-electron chi connectivity index (χ1n) is 6.62. The first kappa shape index (κ1) is 16.9. The molecule has 0 saturated carbocycles. The van der Waals surface area contributed by atoms with E-state index >= 15 is 0 Å². The van der Waals surface area contributed by atoms with Crippen LogP contribution in [0.25, 0.3) is 0 Å². The van der Waals surface area contributed by atoms with Crippen molar-refractivity contribution in [2.45, 2.75) is 59.4 Å². The largest absolute Gasteiger partial charge is 0.312 e. The number of hydrogen-bond acceptors (Lipinski definition) is 3. The summed E-state index contributed by atoms with van der Waals surface area (Å²) in [5.74, 6) is 0.965. The molecule has 0 rings (SSSR count). The standard InChI is InChI=1S/C13H29NO2S/c1-6-12(2)11-17(15,16)10-8-7-9-14-13(3,4)5/h12,14H,6-11H2,1-5H3. The minimum atomic E-state index is -2.84. The molecule has 1 atom stereocenters. The van der Waals surface area contributed by atoms with Gasteiger partial charge in [-0.05, 0) is 46.1 Å². The van der Waals surface area contributed by atoms with Crippen molar-refractivity contribution in [3.05, 3.63) is 0 Å². The summed E-state index contributed by atoms with van der Waals surface area (Å²) in [5.41, 5.74) is 0.121. The summed E-state index contributed by atoms with van der Waals surface area (Å²) in [7, 11) is -2.84. The molecule has 3 nitrogen and oxygen atoms in total. The molecule has 0 aliphatic rings. The second-order valence-corrected chi connectivity index (χ2v) is 8.24. The Morgan fingerprint density at radius 2 is 1.76 bits per heavy atom. The van der Waals surface area contributed by atoms with Gasteiger partial charge in [-0.3, -0.25) is 0 Å². The zero-order valence-corrected chi connectivity index (χ0v) is 12.9. The van der Waals surface area contributed by atoms with Gasteiger partial charge in [-0.25, -0.2) is 8.42 Å². The highest BCUT2D eigenvalue weighted by molar-refractivity contribution is 7.91. The SMILES string of the molecule is CCC(C)CS(=O)(=O)CCCCNC(C)(C)C. The summed E-state index contributed by atoms with van der Waals surface area (Å²) in [6.07, 6.45) is 2.63. The first-order chi connectivity index (χ1) is 7.66. The van der Waals surface area contributed by atoms with Crippen molar-refractivity contribution in [1.29, 1.82) is 0 Å². The van der Waals surface area contributed by atoms with Crippen molar-refractivity contribution < 1.29 is 8.42 Å². The van der Waals surface area contributed by atoms with Crippen LogP contribution in [0.15, 0.2) is 0 Å². The molecule has 0 amide bonds. The summed E-state index contributed by atoms with van der Waals surface area (Å²) < 4.78 is 23.5. The fraction of sp³-hybridized carbons (Fsp3) is 1.00. The molecular weight excluding hydrogens is 234 g/mol. The van der Waals surface area contributed by atoms with E-state index in [4.69, 9.17) is 0 Å². The van der Waals surface area contributed by atoms with Crippen LogP contribution in [0, 0.1) is 5.92 Å². The van der Waals surface area contributed by atoms with Gasteiger partial charge >= 0.3 is 0 Å². The van der Waals surface area contributed by atoms with E-state index in [1.165, 1.54) is 0 Å². The highest BCUT2D eigenvalue weighted by Gasteiger charge is 2.14. The third-order valence-corrected chi connectivity index (χ3v) is 4.76. The second-order valence-electron chi connectivity index (χ2n) is 6.01. The molecule has 0 aliphatic heterocycles. The van der Waals surface area contributed by atoms with E-state index in [0.29, 0.717) is 11.5 Å². The van der Waals surface area contributed by atoms with E-state index in [9.17, 15) is 8.42 Å². The van der Waals surface area contributed by atoms with Crippen molar-refractivity contribution in [1.82, 2.24) is 5.32 Å². The van der Waals surface area contributed by atoms with Crippen molar-refractivity contribution in [2.24, 2.45) is 5.92 Å². The second kappa shape index (κ2) is 7.37. The van der Waals surface area contributed by atoms with E-state index in [1.54, 1.807) is 0 Å². The Hall–Kier alpha value is -0.0900. The lowest BCUT2D eigenvalue weighted by Gasteiger charge is -2.20. The molecule has 4 heteroatoms. The number of hydrogen-bond donors (Lipinski definition) is 1. The van der Waals surface area contributed by atoms with Crippen LogP contribution in [0.1, 0.15) is 53.9 Å². The average molecular weight is 263 g/mol. The predicted octanol–water partition coefficient (Wildman–Crippen LogP) is 2.62. The maximum absolute atomic E-state index is 11.7. The Morgan fingerprint density at radius 1 is 1.18 bits per heavy atom. The number of sulfone groups is 1. The van der Waals surface area contributed by atoms with E-state index in [-0.39, 0.29) is 11.5 Å². The van der Waals surface area contributed by atoms with E-state index in [1.807, 2.05) is 13.8 Å².